The van der Waals surface area contributed by atoms with Crippen molar-refractivity contribution in [1.82, 2.24) is 4.72 Å². The second kappa shape index (κ2) is 11.0. The summed E-state index contributed by atoms with van der Waals surface area (Å²) >= 11 is 11.8. The lowest BCUT2D eigenvalue weighted by molar-refractivity contribution is -0.153. The number of amides is 1. The van der Waals surface area contributed by atoms with Gasteiger partial charge in [-0.25, -0.2) is 8.42 Å². The molecule has 0 aliphatic carbocycles. The number of sulfonamides is 1. The molecule has 1 atom stereocenters. The standard InChI is InChI=1S/C22H23Cl2N3O5S/c1-14(22(29)26-17-12-15(23)11-16(24)13-17)32-20(28)9-3-2-6-10-25-21-18-7-4-5-8-19(18)33(30,31)27-21/h4-5,7-8,11-14H,2-3,6,9-10H2,1H3,(H,25,27)(H,26,29)/t14-/m1/s1. The summed E-state index contributed by atoms with van der Waals surface area (Å²) in [5, 5.41) is 3.36. The van der Waals surface area contributed by atoms with E-state index in [1.807, 2.05) is 0 Å². The van der Waals surface area contributed by atoms with Crippen molar-refractivity contribution < 1.29 is 22.7 Å². The van der Waals surface area contributed by atoms with Crippen molar-refractivity contribution >= 4 is 56.6 Å². The number of benzene rings is 2. The van der Waals surface area contributed by atoms with Crippen LogP contribution in [0.15, 0.2) is 52.4 Å². The number of ether oxygens (including phenoxy) is 1. The van der Waals surface area contributed by atoms with Crippen LogP contribution >= 0.6 is 23.2 Å². The van der Waals surface area contributed by atoms with Crippen LogP contribution in [0.3, 0.4) is 0 Å². The number of aliphatic imine (C=N–C) groups is 1. The van der Waals surface area contributed by atoms with E-state index in [0.717, 1.165) is 0 Å². The van der Waals surface area contributed by atoms with Crippen LogP contribution < -0.4 is 10.0 Å². The summed E-state index contributed by atoms with van der Waals surface area (Å²) in [7, 11) is -3.54. The van der Waals surface area contributed by atoms with Gasteiger partial charge < -0.3 is 10.1 Å². The van der Waals surface area contributed by atoms with E-state index in [4.69, 9.17) is 27.9 Å². The third-order valence-electron chi connectivity index (χ3n) is 4.78. The van der Waals surface area contributed by atoms with Gasteiger partial charge in [0.15, 0.2) is 6.10 Å². The molecule has 3 rings (SSSR count). The lowest BCUT2D eigenvalue weighted by Crippen LogP contribution is -2.29. The number of rotatable bonds is 9. The maximum absolute atomic E-state index is 12.2. The summed E-state index contributed by atoms with van der Waals surface area (Å²) in [4.78, 5) is 28.8. The van der Waals surface area contributed by atoms with E-state index in [1.54, 1.807) is 36.4 Å². The number of carbonyl (C=O) groups is 2. The minimum atomic E-state index is -3.54. The molecule has 0 saturated heterocycles. The highest BCUT2D eigenvalue weighted by atomic mass is 35.5. The number of nitrogens with one attached hydrogen (secondary N) is 2. The molecule has 1 aliphatic heterocycles. The number of hydrogen-bond donors (Lipinski definition) is 2. The molecule has 176 valence electrons. The fraction of sp³-hybridized carbons (Fsp3) is 0.318. The average molecular weight is 512 g/mol. The molecule has 0 spiro atoms. The highest BCUT2D eigenvalue weighted by Crippen LogP contribution is 2.23. The minimum Gasteiger partial charge on any atom is -0.453 e. The van der Waals surface area contributed by atoms with Gasteiger partial charge in [-0.2, -0.15) is 0 Å². The zero-order chi connectivity index (χ0) is 24.0. The fourth-order valence-electron chi connectivity index (χ4n) is 3.18. The third kappa shape index (κ3) is 6.93. The Hall–Kier alpha value is -2.62. The Morgan fingerprint density at radius 1 is 1.09 bits per heavy atom. The Morgan fingerprint density at radius 3 is 2.52 bits per heavy atom. The van der Waals surface area contributed by atoms with Gasteiger partial charge in [-0.3, -0.25) is 19.3 Å². The molecule has 2 aromatic carbocycles. The lowest BCUT2D eigenvalue weighted by atomic mass is 10.2. The lowest BCUT2D eigenvalue weighted by Gasteiger charge is -2.14. The van der Waals surface area contributed by atoms with E-state index in [0.29, 0.717) is 52.9 Å². The third-order valence-corrected chi connectivity index (χ3v) is 6.61. The molecule has 1 amide bonds. The molecular weight excluding hydrogens is 489 g/mol. The number of esters is 1. The van der Waals surface area contributed by atoms with Crippen molar-refractivity contribution in [2.45, 2.75) is 43.6 Å². The van der Waals surface area contributed by atoms with Crippen molar-refractivity contribution in [2.24, 2.45) is 4.99 Å². The highest BCUT2D eigenvalue weighted by molar-refractivity contribution is 7.90. The van der Waals surface area contributed by atoms with Crippen molar-refractivity contribution in [3.63, 3.8) is 0 Å². The van der Waals surface area contributed by atoms with Crippen molar-refractivity contribution in [1.29, 1.82) is 0 Å². The Labute approximate surface area is 202 Å². The second-order valence-corrected chi connectivity index (χ2v) is 9.95. The summed E-state index contributed by atoms with van der Waals surface area (Å²) < 4.78 is 31.7. The van der Waals surface area contributed by atoms with Gasteiger partial charge in [0.05, 0.1) is 4.90 Å². The Kier molecular flexibility index (Phi) is 8.34. The fourth-order valence-corrected chi connectivity index (χ4v) is 4.96. The summed E-state index contributed by atoms with van der Waals surface area (Å²) in [6.07, 6.45) is 1.11. The molecule has 11 heteroatoms. The van der Waals surface area contributed by atoms with Gasteiger partial charge in [0, 0.05) is 34.3 Å². The predicted molar refractivity (Wildman–Crippen MR) is 127 cm³/mol. The Morgan fingerprint density at radius 2 is 1.79 bits per heavy atom. The van der Waals surface area contributed by atoms with E-state index in [9.17, 15) is 18.0 Å². The first-order valence-electron chi connectivity index (χ1n) is 10.3. The van der Waals surface area contributed by atoms with E-state index < -0.39 is 28.0 Å². The number of unbranched alkanes of at least 4 members (excludes halogenated alkanes) is 2. The number of anilines is 1. The first kappa shape index (κ1) is 25.0. The van der Waals surface area contributed by atoms with Gasteiger partial charge in [0.25, 0.3) is 15.9 Å². The molecule has 2 N–H and O–H groups in total. The maximum atomic E-state index is 12.2. The molecule has 33 heavy (non-hydrogen) atoms. The first-order valence-corrected chi connectivity index (χ1v) is 12.5. The minimum absolute atomic E-state index is 0.159. The molecular formula is C22H23Cl2N3O5S. The van der Waals surface area contributed by atoms with Crippen LogP contribution in [0.25, 0.3) is 0 Å². The molecule has 0 aromatic heterocycles. The number of hydrogen-bond acceptors (Lipinski definition) is 6. The van der Waals surface area contributed by atoms with E-state index in [-0.39, 0.29) is 11.3 Å². The predicted octanol–water partition coefficient (Wildman–Crippen LogP) is 4.16. The monoisotopic (exact) mass is 511 g/mol. The zero-order valence-electron chi connectivity index (χ0n) is 17.8. The largest absolute Gasteiger partial charge is 0.453 e. The van der Waals surface area contributed by atoms with Gasteiger partial charge in [-0.15, -0.1) is 0 Å². The van der Waals surface area contributed by atoms with Crippen molar-refractivity contribution in [2.75, 3.05) is 11.9 Å². The molecule has 0 bridgehead atoms. The van der Waals surface area contributed by atoms with Crippen LogP contribution in [0.2, 0.25) is 10.0 Å². The molecule has 0 unspecified atom stereocenters. The van der Waals surface area contributed by atoms with Gasteiger partial charge in [0.1, 0.15) is 5.84 Å². The summed E-state index contributed by atoms with van der Waals surface area (Å²) in [5.74, 6) is -0.631. The second-order valence-electron chi connectivity index (χ2n) is 7.42. The average Bonchev–Trinajstić information content (AvgIpc) is 3.00. The normalized spacial score (nSPS) is 16.0. The van der Waals surface area contributed by atoms with Crippen LogP contribution in [0, 0.1) is 0 Å². The van der Waals surface area contributed by atoms with E-state index in [2.05, 4.69) is 15.0 Å². The molecule has 2 aromatic rings. The van der Waals surface area contributed by atoms with Crippen LogP contribution in [-0.4, -0.2) is 38.8 Å². The number of halogens is 2. The van der Waals surface area contributed by atoms with Crippen LogP contribution in [0.1, 0.15) is 38.2 Å². The molecule has 8 nitrogen and oxygen atoms in total. The first-order chi connectivity index (χ1) is 15.7. The van der Waals surface area contributed by atoms with Crippen LogP contribution in [-0.2, 0) is 24.3 Å². The Balaban J connectivity index is 1.37. The molecule has 1 heterocycles. The van der Waals surface area contributed by atoms with Crippen molar-refractivity contribution in [3.8, 4) is 0 Å². The quantitative estimate of drug-likeness (QED) is 0.387. The Bertz CT molecular complexity index is 1160. The van der Waals surface area contributed by atoms with E-state index >= 15 is 0 Å². The maximum Gasteiger partial charge on any atom is 0.306 e. The number of fused-ring (bicyclic) bond motifs is 1. The van der Waals surface area contributed by atoms with Gasteiger partial charge in [-0.05, 0) is 50.1 Å². The van der Waals surface area contributed by atoms with Crippen molar-refractivity contribution in [3.05, 3.63) is 58.1 Å². The SMILES string of the molecule is C[C@@H](OC(=O)CCCCCN=C1NS(=O)(=O)c2ccccc21)C(=O)Nc1cc(Cl)cc(Cl)c1. The van der Waals surface area contributed by atoms with Gasteiger partial charge >= 0.3 is 5.97 Å². The summed E-state index contributed by atoms with van der Waals surface area (Å²) in [6.45, 7) is 1.90. The van der Waals surface area contributed by atoms with Gasteiger partial charge in [0.2, 0.25) is 0 Å². The molecule has 1 aliphatic rings. The zero-order valence-corrected chi connectivity index (χ0v) is 20.1. The molecule has 0 radical (unpaired) electrons. The van der Waals surface area contributed by atoms with Gasteiger partial charge in [-0.1, -0.05) is 41.8 Å². The van der Waals surface area contributed by atoms with Crippen LogP contribution in [0.4, 0.5) is 5.69 Å². The molecule has 0 saturated carbocycles. The number of nitrogens with zero attached hydrogens (tertiary/aromatic N) is 1. The van der Waals surface area contributed by atoms with Crippen LogP contribution in [0.5, 0.6) is 0 Å². The number of amidine groups is 1. The van der Waals surface area contributed by atoms with E-state index in [1.165, 1.54) is 13.0 Å². The smallest absolute Gasteiger partial charge is 0.306 e. The summed E-state index contributed by atoms with van der Waals surface area (Å²) in [5.41, 5.74) is 0.975. The molecule has 0 fully saturated rings. The highest BCUT2D eigenvalue weighted by Gasteiger charge is 2.29. The number of carbonyl (C=O) groups excluding carboxylic acids is 2. The topological polar surface area (TPSA) is 114 Å². The summed E-state index contributed by atoms with van der Waals surface area (Å²) in [6, 6.07) is 11.3.